The van der Waals surface area contributed by atoms with Crippen molar-refractivity contribution in [2.24, 2.45) is 11.3 Å². The molecule has 0 radical (unpaired) electrons. The Balaban J connectivity index is 2.24. The maximum Gasteiger partial charge on any atom is 0.162 e. The van der Waals surface area contributed by atoms with Crippen LogP contribution >= 0.6 is 0 Å². The van der Waals surface area contributed by atoms with Gasteiger partial charge in [0.15, 0.2) is 5.78 Å². The molecule has 1 heterocycles. The van der Waals surface area contributed by atoms with E-state index in [2.05, 4.69) is 25.8 Å². The van der Waals surface area contributed by atoms with E-state index < -0.39 is 0 Å². The number of ketones is 1. The molecule has 2 rings (SSSR count). The highest BCUT2D eigenvalue weighted by molar-refractivity contribution is 6.02. The molecule has 18 heavy (non-hydrogen) atoms. The van der Waals surface area contributed by atoms with Crippen LogP contribution in [0.4, 0.5) is 0 Å². The van der Waals surface area contributed by atoms with Crippen molar-refractivity contribution in [3.63, 3.8) is 0 Å². The molecule has 0 unspecified atom stereocenters. The number of rotatable bonds is 1. The first-order chi connectivity index (χ1) is 8.48. The molecule has 1 aliphatic rings. The van der Waals surface area contributed by atoms with Crippen LogP contribution in [0.3, 0.4) is 0 Å². The van der Waals surface area contributed by atoms with Crippen LogP contribution < -0.4 is 0 Å². The Morgan fingerprint density at radius 1 is 1.39 bits per heavy atom. The minimum absolute atomic E-state index is 0.0610. The summed E-state index contributed by atoms with van der Waals surface area (Å²) in [5.74, 6) is 0.492. The average molecular weight is 243 g/mol. The zero-order valence-corrected chi connectivity index (χ0v) is 11.4. The van der Waals surface area contributed by atoms with Crippen molar-refractivity contribution in [1.82, 2.24) is 4.98 Å². The van der Waals surface area contributed by atoms with Gasteiger partial charge in [-0.05, 0) is 48.0 Å². The topological polar surface area (TPSA) is 30.0 Å². The quantitative estimate of drug-likeness (QED) is 0.701. The summed E-state index contributed by atoms with van der Waals surface area (Å²) in [6.07, 6.45) is 8.60. The molecule has 1 atom stereocenters. The number of pyridine rings is 1. The maximum atomic E-state index is 12.5. The molecule has 1 aromatic heterocycles. The first kappa shape index (κ1) is 13.0. The van der Waals surface area contributed by atoms with Gasteiger partial charge in [-0.1, -0.05) is 26.8 Å². The summed E-state index contributed by atoms with van der Waals surface area (Å²) in [7, 11) is 0. The van der Waals surface area contributed by atoms with E-state index in [9.17, 15) is 4.79 Å². The third kappa shape index (κ3) is 2.87. The monoisotopic (exact) mass is 243 g/mol. The summed E-state index contributed by atoms with van der Waals surface area (Å²) in [4.78, 5) is 16.6. The van der Waals surface area contributed by atoms with E-state index in [1.165, 1.54) is 0 Å². The molecular weight excluding hydrogens is 222 g/mol. The van der Waals surface area contributed by atoms with Crippen LogP contribution in [-0.4, -0.2) is 10.8 Å². The van der Waals surface area contributed by atoms with E-state index in [1.807, 2.05) is 18.2 Å². The summed E-state index contributed by atoms with van der Waals surface area (Å²) in [5, 5.41) is 0. The molecule has 0 amide bonds. The lowest BCUT2D eigenvalue weighted by Gasteiger charge is -2.33. The molecule has 1 aromatic rings. The Morgan fingerprint density at radius 3 is 2.78 bits per heavy atom. The van der Waals surface area contributed by atoms with Crippen LogP contribution in [0.2, 0.25) is 0 Å². The third-order valence-corrected chi connectivity index (χ3v) is 3.64. The van der Waals surface area contributed by atoms with Gasteiger partial charge < -0.3 is 0 Å². The number of hydrogen-bond acceptors (Lipinski definition) is 2. The number of Topliss-reactive ketones (excluding diaryl/α,β-unsaturated/α-hetero) is 1. The fourth-order valence-electron chi connectivity index (χ4n) is 2.61. The van der Waals surface area contributed by atoms with E-state index in [1.54, 1.807) is 12.4 Å². The predicted molar refractivity (Wildman–Crippen MR) is 74.0 cm³/mol. The molecule has 0 N–H and O–H groups in total. The fraction of sp³-hybridized carbons (Fsp3) is 0.500. The van der Waals surface area contributed by atoms with E-state index >= 15 is 0 Å². The average Bonchev–Trinajstić information content (AvgIpc) is 2.32. The molecule has 1 fully saturated rings. The van der Waals surface area contributed by atoms with Gasteiger partial charge in [0, 0.05) is 18.3 Å². The minimum Gasteiger partial charge on any atom is -0.294 e. The Bertz CT molecular complexity index is 454. The van der Waals surface area contributed by atoms with Crippen molar-refractivity contribution in [1.29, 1.82) is 0 Å². The zero-order valence-electron chi connectivity index (χ0n) is 11.4. The van der Waals surface area contributed by atoms with Crippen molar-refractivity contribution in [3.8, 4) is 0 Å². The van der Waals surface area contributed by atoms with Gasteiger partial charge in [-0.2, -0.15) is 0 Å². The molecule has 96 valence electrons. The summed E-state index contributed by atoms with van der Waals surface area (Å²) in [6.45, 7) is 6.47. The normalized spacial score (nSPS) is 23.4. The molecular formula is C16H21NO. The highest BCUT2D eigenvalue weighted by Gasteiger charge is 2.35. The van der Waals surface area contributed by atoms with Gasteiger partial charge in [-0.15, -0.1) is 0 Å². The molecule has 1 aliphatic carbocycles. The lowest BCUT2D eigenvalue weighted by atomic mass is 9.70. The van der Waals surface area contributed by atoms with E-state index in [0.717, 1.165) is 30.4 Å². The smallest absolute Gasteiger partial charge is 0.162 e. The summed E-state index contributed by atoms with van der Waals surface area (Å²) in [5.41, 5.74) is 2.05. The maximum absolute atomic E-state index is 12.5. The first-order valence-electron chi connectivity index (χ1n) is 6.63. The molecule has 2 heteroatoms. The van der Waals surface area contributed by atoms with Crippen LogP contribution in [0, 0.1) is 11.3 Å². The second-order valence-corrected chi connectivity index (χ2v) is 6.13. The van der Waals surface area contributed by atoms with Crippen molar-refractivity contribution in [3.05, 3.63) is 35.7 Å². The molecule has 0 spiro atoms. The molecule has 0 saturated heterocycles. The van der Waals surface area contributed by atoms with Crippen LogP contribution in [0.15, 0.2) is 30.1 Å². The highest BCUT2D eigenvalue weighted by atomic mass is 16.1. The zero-order chi connectivity index (χ0) is 13.2. The Labute approximate surface area is 109 Å². The van der Waals surface area contributed by atoms with Gasteiger partial charge in [0.25, 0.3) is 0 Å². The number of allylic oxidation sites excluding steroid dienone is 1. The van der Waals surface area contributed by atoms with Gasteiger partial charge >= 0.3 is 0 Å². The second-order valence-electron chi connectivity index (χ2n) is 6.13. The van der Waals surface area contributed by atoms with Crippen LogP contribution in [0.1, 0.15) is 45.6 Å². The largest absolute Gasteiger partial charge is 0.294 e. The van der Waals surface area contributed by atoms with Crippen LogP contribution in [-0.2, 0) is 4.79 Å². The third-order valence-electron chi connectivity index (χ3n) is 3.64. The number of aromatic nitrogens is 1. The van der Waals surface area contributed by atoms with Gasteiger partial charge in [-0.3, -0.25) is 9.78 Å². The number of carbonyl (C=O) groups excluding carboxylic acids is 1. The van der Waals surface area contributed by atoms with Crippen molar-refractivity contribution < 1.29 is 4.79 Å². The summed E-state index contributed by atoms with van der Waals surface area (Å²) >= 11 is 0. The fourth-order valence-corrected chi connectivity index (χ4v) is 2.61. The molecule has 0 bridgehead atoms. The Morgan fingerprint density at radius 2 is 2.17 bits per heavy atom. The van der Waals surface area contributed by atoms with Gasteiger partial charge in [0.05, 0.1) is 0 Å². The van der Waals surface area contributed by atoms with Crippen molar-refractivity contribution >= 4 is 11.9 Å². The number of carbonyl (C=O) groups is 1. The Hall–Kier alpha value is -1.44. The van der Waals surface area contributed by atoms with Gasteiger partial charge in [-0.25, -0.2) is 0 Å². The molecule has 1 saturated carbocycles. The highest BCUT2D eigenvalue weighted by Crippen LogP contribution is 2.37. The first-order valence-corrected chi connectivity index (χ1v) is 6.63. The van der Waals surface area contributed by atoms with E-state index in [0.29, 0.717) is 5.78 Å². The van der Waals surface area contributed by atoms with E-state index in [4.69, 9.17) is 0 Å². The molecule has 0 aromatic carbocycles. The lowest BCUT2D eigenvalue weighted by molar-refractivity contribution is -0.123. The second kappa shape index (κ2) is 5.05. The molecule has 0 aliphatic heterocycles. The predicted octanol–water partition coefficient (Wildman–Crippen LogP) is 3.88. The van der Waals surface area contributed by atoms with Crippen LogP contribution in [0.5, 0.6) is 0 Å². The molecule has 2 nitrogen and oxygen atoms in total. The number of hydrogen-bond donors (Lipinski definition) is 0. The van der Waals surface area contributed by atoms with Gasteiger partial charge in [0.1, 0.15) is 0 Å². The Kier molecular flexibility index (Phi) is 3.65. The SMILES string of the molecule is CC(C)(C)[C@H]1CCC/C(=C\c2cccnc2)C1=O. The van der Waals surface area contributed by atoms with Crippen molar-refractivity contribution in [2.45, 2.75) is 40.0 Å². The van der Waals surface area contributed by atoms with E-state index in [-0.39, 0.29) is 11.3 Å². The number of nitrogens with zero attached hydrogens (tertiary/aromatic N) is 1. The van der Waals surface area contributed by atoms with Gasteiger partial charge in [0.2, 0.25) is 0 Å². The lowest BCUT2D eigenvalue weighted by Crippen LogP contribution is -2.32. The van der Waals surface area contributed by atoms with Crippen LogP contribution in [0.25, 0.3) is 6.08 Å². The minimum atomic E-state index is 0.0610. The summed E-state index contributed by atoms with van der Waals surface area (Å²) in [6, 6.07) is 3.90. The standard InChI is InChI=1S/C16H21NO/c1-16(2,3)14-8-4-7-13(15(14)18)10-12-6-5-9-17-11-12/h5-6,9-11,14H,4,7-8H2,1-3H3/b13-10+/t14-/m0/s1. The van der Waals surface area contributed by atoms with Crippen molar-refractivity contribution in [2.75, 3.05) is 0 Å². The summed E-state index contributed by atoms with van der Waals surface area (Å²) < 4.78 is 0.